The Labute approximate surface area is 151 Å². The Morgan fingerprint density at radius 3 is 2.44 bits per heavy atom. The van der Waals surface area contributed by atoms with E-state index in [4.69, 9.17) is 16.3 Å². The normalized spacial score (nSPS) is 11.6. The van der Waals surface area contributed by atoms with E-state index in [2.05, 4.69) is 10.1 Å². The molecular formula is C19H20ClNO4. The molecule has 2 aromatic carbocycles. The van der Waals surface area contributed by atoms with Crippen LogP contribution in [0.2, 0.25) is 5.02 Å². The van der Waals surface area contributed by atoms with Crippen LogP contribution in [0.4, 0.5) is 5.69 Å². The zero-order valence-electron chi connectivity index (χ0n) is 14.6. The van der Waals surface area contributed by atoms with Gasteiger partial charge in [0.25, 0.3) is 5.91 Å². The molecule has 2 rings (SSSR count). The second-order valence-electron chi connectivity index (χ2n) is 5.68. The average Bonchev–Trinajstić information content (AvgIpc) is 2.59. The number of carbonyl (C=O) groups is 2. The van der Waals surface area contributed by atoms with Crippen LogP contribution in [-0.2, 0) is 9.53 Å². The zero-order chi connectivity index (χ0) is 18.6. The van der Waals surface area contributed by atoms with E-state index in [1.165, 1.54) is 19.2 Å². The van der Waals surface area contributed by atoms with Crippen molar-refractivity contribution in [3.8, 4) is 5.75 Å². The van der Waals surface area contributed by atoms with Crippen LogP contribution in [0, 0.1) is 13.8 Å². The lowest BCUT2D eigenvalue weighted by atomic mass is 10.1. The smallest absolute Gasteiger partial charge is 0.339 e. The first-order valence-corrected chi connectivity index (χ1v) is 8.12. The number of halogens is 1. The summed E-state index contributed by atoms with van der Waals surface area (Å²) in [6.45, 7) is 5.64. The molecule has 0 radical (unpaired) electrons. The highest BCUT2D eigenvalue weighted by Gasteiger charge is 2.17. The molecule has 0 heterocycles. The van der Waals surface area contributed by atoms with Gasteiger partial charge < -0.3 is 14.8 Å². The monoisotopic (exact) mass is 361 g/mol. The van der Waals surface area contributed by atoms with Gasteiger partial charge in [-0.25, -0.2) is 4.79 Å². The molecule has 2 aromatic rings. The van der Waals surface area contributed by atoms with Gasteiger partial charge in [-0.05, 0) is 62.2 Å². The third-order valence-electron chi connectivity index (χ3n) is 3.80. The maximum absolute atomic E-state index is 12.3. The molecule has 6 heteroatoms. The highest BCUT2D eigenvalue weighted by Crippen LogP contribution is 2.22. The maximum Gasteiger partial charge on any atom is 0.339 e. The van der Waals surface area contributed by atoms with Crippen molar-refractivity contribution in [3.63, 3.8) is 0 Å². The minimum Gasteiger partial charge on any atom is -0.481 e. The van der Waals surface area contributed by atoms with Crippen LogP contribution >= 0.6 is 11.6 Å². The number of benzene rings is 2. The van der Waals surface area contributed by atoms with Gasteiger partial charge in [0.1, 0.15) is 5.75 Å². The second-order valence-corrected chi connectivity index (χ2v) is 6.09. The summed E-state index contributed by atoms with van der Waals surface area (Å²) in [5.74, 6) is -0.283. The fraction of sp³-hybridized carbons (Fsp3) is 0.263. The molecule has 0 saturated carbocycles. The minimum absolute atomic E-state index is 0.185. The lowest BCUT2D eigenvalue weighted by Crippen LogP contribution is -2.30. The number of esters is 1. The summed E-state index contributed by atoms with van der Waals surface area (Å²) in [5.41, 5.74) is 2.86. The second kappa shape index (κ2) is 8.03. The average molecular weight is 362 g/mol. The minimum atomic E-state index is -0.709. The van der Waals surface area contributed by atoms with Crippen LogP contribution in [0.1, 0.15) is 28.4 Å². The van der Waals surface area contributed by atoms with Gasteiger partial charge in [0.15, 0.2) is 6.10 Å². The molecule has 5 nitrogen and oxygen atoms in total. The first-order chi connectivity index (χ1) is 11.8. The Balaban J connectivity index is 2.08. The van der Waals surface area contributed by atoms with Crippen molar-refractivity contribution < 1.29 is 19.1 Å². The fourth-order valence-corrected chi connectivity index (χ4v) is 2.35. The van der Waals surface area contributed by atoms with Gasteiger partial charge in [-0.3, -0.25) is 4.79 Å². The number of carbonyl (C=O) groups excluding carboxylic acids is 2. The standard InChI is InChI=1S/C19H20ClNO4/c1-11-5-7-15(9-12(11)2)25-13(3)18(22)21-14-6-8-17(20)16(10-14)19(23)24-4/h5-10,13H,1-4H3,(H,21,22)/t13-/m1/s1. The van der Waals surface area contributed by atoms with Crippen LogP contribution in [0.5, 0.6) is 5.75 Å². The maximum atomic E-state index is 12.3. The zero-order valence-corrected chi connectivity index (χ0v) is 15.3. The summed E-state index contributed by atoms with van der Waals surface area (Å²) in [6.07, 6.45) is -0.709. The Morgan fingerprint density at radius 2 is 1.80 bits per heavy atom. The van der Waals surface area contributed by atoms with Gasteiger partial charge in [-0.1, -0.05) is 17.7 Å². The molecule has 1 atom stereocenters. The number of aryl methyl sites for hydroxylation is 2. The predicted molar refractivity (Wildman–Crippen MR) is 97.4 cm³/mol. The van der Waals surface area contributed by atoms with Crippen LogP contribution < -0.4 is 10.1 Å². The van der Waals surface area contributed by atoms with E-state index in [1.807, 2.05) is 32.0 Å². The van der Waals surface area contributed by atoms with Crippen LogP contribution in [0.15, 0.2) is 36.4 Å². The molecule has 0 aliphatic heterocycles. The van der Waals surface area contributed by atoms with Crippen molar-refractivity contribution in [1.29, 1.82) is 0 Å². The third-order valence-corrected chi connectivity index (χ3v) is 4.13. The van der Waals surface area contributed by atoms with E-state index in [-0.39, 0.29) is 16.5 Å². The number of anilines is 1. The summed E-state index contributed by atoms with van der Waals surface area (Å²) in [6, 6.07) is 10.3. The van der Waals surface area contributed by atoms with Gasteiger partial charge in [0.05, 0.1) is 17.7 Å². The summed E-state index contributed by atoms with van der Waals surface area (Å²) in [4.78, 5) is 24.0. The van der Waals surface area contributed by atoms with E-state index in [1.54, 1.807) is 13.0 Å². The quantitative estimate of drug-likeness (QED) is 0.812. The number of hydrogen-bond donors (Lipinski definition) is 1. The molecule has 0 aliphatic rings. The van der Waals surface area contributed by atoms with E-state index < -0.39 is 12.1 Å². The van der Waals surface area contributed by atoms with Gasteiger partial charge >= 0.3 is 5.97 Å². The van der Waals surface area contributed by atoms with Crippen molar-refractivity contribution in [1.82, 2.24) is 0 Å². The van der Waals surface area contributed by atoms with Gasteiger partial charge in [-0.2, -0.15) is 0 Å². The van der Waals surface area contributed by atoms with E-state index in [9.17, 15) is 9.59 Å². The number of hydrogen-bond acceptors (Lipinski definition) is 4. The molecule has 0 bridgehead atoms. The van der Waals surface area contributed by atoms with E-state index in [0.29, 0.717) is 11.4 Å². The first kappa shape index (κ1) is 18.8. The van der Waals surface area contributed by atoms with Crippen molar-refractivity contribution in [2.45, 2.75) is 26.9 Å². The summed E-state index contributed by atoms with van der Waals surface area (Å²) in [5, 5.41) is 2.96. The fourth-order valence-electron chi connectivity index (χ4n) is 2.16. The number of nitrogens with one attached hydrogen (secondary N) is 1. The number of ether oxygens (including phenoxy) is 2. The largest absolute Gasteiger partial charge is 0.481 e. The molecule has 132 valence electrons. The summed E-state index contributed by atoms with van der Waals surface area (Å²) in [7, 11) is 1.27. The third kappa shape index (κ3) is 4.73. The molecule has 0 unspecified atom stereocenters. The molecule has 0 fully saturated rings. The topological polar surface area (TPSA) is 64.6 Å². The molecule has 0 aromatic heterocycles. The molecule has 0 saturated heterocycles. The van der Waals surface area contributed by atoms with Crippen LogP contribution in [0.25, 0.3) is 0 Å². The Morgan fingerprint density at radius 1 is 1.08 bits per heavy atom. The molecule has 25 heavy (non-hydrogen) atoms. The number of amides is 1. The highest BCUT2D eigenvalue weighted by molar-refractivity contribution is 6.33. The van der Waals surface area contributed by atoms with Crippen LogP contribution in [0.3, 0.4) is 0 Å². The lowest BCUT2D eigenvalue weighted by Gasteiger charge is -2.16. The number of rotatable bonds is 5. The van der Waals surface area contributed by atoms with E-state index >= 15 is 0 Å². The molecule has 0 spiro atoms. The molecule has 0 aliphatic carbocycles. The Hall–Kier alpha value is -2.53. The van der Waals surface area contributed by atoms with Crippen molar-refractivity contribution in [3.05, 3.63) is 58.1 Å². The predicted octanol–water partition coefficient (Wildman–Crippen LogP) is 4.15. The van der Waals surface area contributed by atoms with Crippen molar-refractivity contribution >= 4 is 29.2 Å². The lowest BCUT2D eigenvalue weighted by molar-refractivity contribution is -0.122. The van der Waals surface area contributed by atoms with Gasteiger partial charge in [0, 0.05) is 5.69 Å². The number of methoxy groups -OCH3 is 1. The first-order valence-electron chi connectivity index (χ1n) is 7.74. The Kier molecular flexibility index (Phi) is 6.04. The van der Waals surface area contributed by atoms with Crippen LogP contribution in [-0.4, -0.2) is 25.1 Å². The van der Waals surface area contributed by atoms with Gasteiger partial charge in [0.2, 0.25) is 0 Å². The highest BCUT2D eigenvalue weighted by atomic mass is 35.5. The SMILES string of the molecule is COC(=O)c1cc(NC(=O)[C@@H](C)Oc2ccc(C)c(C)c2)ccc1Cl. The van der Waals surface area contributed by atoms with Crippen molar-refractivity contribution in [2.75, 3.05) is 12.4 Å². The van der Waals surface area contributed by atoms with E-state index in [0.717, 1.165) is 11.1 Å². The summed E-state index contributed by atoms with van der Waals surface area (Å²) < 4.78 is 10.3. The molecule has 1 N–H and O–H groups in total. The van der Waals surface area contributed by atoms with Gasteiger partial charge in [-0.15, -0.1) is 0 Å². The van der Waals surface area contributed by atoms with Crippen molar-refractivity contribution in [2.24, 2.45) is 0 Å². The molecule has 1 amide bonds. The summed E-state index contributed by atoms with van der Waals surface area (Å²) >= 11 is 5.97. The molecular weight excluding hydrogens is 342 g/mol. The Bertz CT molecular complexity index is 804.